The summed E-state index contributed by atoms with van der Waals surface area (Å²) < 4.78 is 1.08. The first-order valence-corrected chi connectivity index (χ1v) is 6.51. The van der Waals surface area contributed by atoms with Crippen molar-refractivity contribution >= 4 is 21.9 Å². The third-order valence-electron chi connectivity index (χ3n) is 2.82. The third kappa shape index (κ3) is 3.44. The molecule has 0 aliphatic carbocycles. The molecule has 0 unspecified atom stereocenters. The topological polar surface area (TPSA) is 37.3 Å². The number of carboxylic acids is 1. The van der Waals surface area contributed by atoms with Crippen molar-refractivity contribution in [3.05, 3.63) is 69.7 Å². The van der Waals surface area contributed by atoms with E-state index in [0.29, 0.717) is 5.56 Å². The quantitative estimate of drug-likeness (QED) is 0.929. The van der Waals surface area contributed by atoms with Crippen LogP contribution in [0.4, 0.5) is 0 Å². The monoisotopic (exact) mass is 304 g/mol. The normalized spacial score (nSPS) is 10.3. The van der Waals surface area contributed by atoms with Crippen molar-refractivity contribution in [2.45, 2.75) is 12.8 Å². The molecule has 0 spiro atoms. The Morgan fingerprint density at radius 3 is 1.78 bits per heavy atom. The molecule has 1 N–H and O–H groups in total. The molecular formula is C15H13BrO2. The molecule has 0 saturated carbocycles. The van der Waals surface area contributed by atoms with Gasteiger partial charge in [0.05, 0.1) is 5.56 Å². The summed E-state index contributed by atoms with van der Waals surface area (Å²) in [5.74, 6) is -0.880. The Bertz CT molecular complexity index is 529. The highest BCUT2D eigenvalue weighted by atomic mass is 79.9. The van der Waals surface area contributed by atoms with Gasteiger partial charge in [0.1, 0.15) is 0 Å². The first kappa shape index (κ1) is 12.8. The third-order valence-corrected chi connectivity index (χ3v) is 3.35. The zero-order valence-corrected chi connectivity index (χ0v) is 11.4. The van der Waals surface area contributed by atoms with E-state index in [1.54, 1.807) is 12.1 Å². The van der Waals surface area contributed by atoms with Crippen LogP contribution in [0.1, 0.15) is 21.5 Å². The predicted octanol–water partition coefficient (Wildman–Crippen LogP) is 3.93. The Morgan fingerprint density at radius 1 is 0.889 bits per heavy atom. The summed E-state index contributed by atoms with van der Waals surface area (Å²) in [4.78, 5) is 10.7. The largest absolute Gasteiger partial charge is 0.478 e. The van der Waals surface area contributed by atoms with Gasteiger partial charge in [0, 0.05) is 4.47 Å². The molecule has 2 nitrogen and oxygen atoms in total. The van der Waals surface area contributed by atoms with Crippen LogP contribution in [0.15, 0.2) is 53.0 Å². The average Bonchev–Trinajstić information content (AvgIpc) is 2.38. The molecule has 2 aromatic rings. The number of hydrogen-bond acceptors (Lipinski definition) is 1. The van der Waals surface area contributed by atoms with Gasteiger partial charge in [-0.05, 0) is 48.2 Å². The number of hydrogen-bond donors (Lipinski definition) is 1. The van der Waals surface area contributed by atoms with Gasteiger partial charge in [-0.2, -0.15) is 0 Å². The van der Waals surface area contributed by atoms with Crippen LogP contribution in [0.2, 0.25) is 0 Å². The number of rotatable bonds is 4. The molecule has 0 fully saturated rings. The molecule has 0 aliphatic rings. The van der Waals surface area contributed by atoms with E-state index >= 15 is 0 Å². The van der Waals surface area contributed by atoms with Gasteiger partial charge in [0.2, 0.25) is 0 Å². The summed E-state index contributed by atoms with van der Waals surface area (Å²) in [6, 6.07) is 15.3. The molecule has 0 radical (unpaired) electrons. The molecule has 0 aromatic heterocycles. The van der Waals surface area contributed by atoms with Crippen LogP contribution in [0.5, 0.6) is 0 Å². The zero-order chi connectivity index (χ0) is 13.0. The van der Waals surface area contributed by atoms with Crippen LogP contribution in [0, 0.1) is 0 Å². The van der Waals surface area contributed by atoms with Crippen LogP contribution >= 0.6 is 15.9 Å². The number of benzene rings is 2. The average molecular weight is 305 g/mol. The molecule has 0 atom stereocenters. The minimum atomic E-state index is -0.880. The minimum Gasteiger partial charge on any atom is -0.478 e. The van der Waals surface area contributed by atoms with E-state index in [1.165, 1.54) is 5.56 Å². The first-order chi connectivity index (χ1) is 8.65. The highest BCUT2D eigenvalue weighted by Crippen LogP contribution is 2.13. The van der Waals surface area contributed by atoms with Crippen molar-refractivity contribution in [1.82, 2.24) is 0 Å². The highest BCUT2D eigenvalue weighted by Gasteiger charge is 2.02. The van der Waals surface area contributed by atoms with E-state index in [-0.39, 0.29) is 0 Å². The van der Waals surface area contributed by atoms with Crippen molar-refractivity contribution < 1.29 is 9.90 Å². The Balaban J connectivity index is 1.97. The summed E-state index contributed by atoms with van der Waals surface area (Å²) in [5, 5.41) is 8.81. The van der Waals surface area contributed by atoms with Crippen molar-refractivity contribution in [1.29, 1.82) is 0 Å². The fourth-order valence-corrected chi connectivity index (χ4v) is 2.02. The zero-order valence-electron chi connectivity index (χ0n) is 9.77. The number of halogens is 1. The Hall–Kier alpha value is -1.61. The van der Waals surface area contributed by atoms with Crippen LogP contribution in [0.25, 0.3) is 0 Å². The molecular weight excluding hydrogens is 292 g/mol. The molecule has 92 valence electrons. The Morgan fingerprint density at radius 2 is 1.33 bits per heavy atom. The van der Waals surface area contributed by atoms with E-state index in [4.69, 9.17) is 5.11 Å². The van der Waals surface area contributed by atoms with E-state index in [1.807, 2.05) is 24.3 Å². The molecule has 2 aromatic carbocycles. The lowest BCUT2D eigenvalue weighted by atomic mass is 10.0. The molecule has 0 heterocycles. The summed E-state index contributed by atoms with van der Waals surface area (Å²) >= 11 is 3.41. The molecule has 0 aliphatic heterocycles. The van der Waals surface area contributed by atoms with Gasteiger partial charge < -0.3 is 5.11 Å². The van der Waals surface area contributed by atoms with Gasteiger partial charge in [-0.25, -0.2) is 4.79 Å². The predicted molar refractivity (Wildman–Crippen MR) is 75.0 cm³/mol. The van der Waals surface area contributed by atoms with Gasteiger partial charge in [0.25, 0.3) is 0 Å². The number of carboxylic acid groups (broad SMARTS) is 1. The van der Waals surface area contributed by atoms with Crippen molar-refractivity contribution in [2.75, 3.05) is 0 Å². The maximum Gasteiger partial charge on any atom is 0.335 e. The molecule has 0 amide bonds. The first-order valence-electron chi connectivity index (χ1n) is 5.72. The summed E-state index contributed by atoms with van der Waals surface area (Å²) in [7, 11) is 0. The second-order valence-corrected chi connectivity index (χ2v) is 5.04. The molecule has 18 heavy (non-hydrogen) atoms. The standard InChI is InChI=1S/C15H13BrO2/c16-14-9-5-12(6-10-14)2-1-11-3-7-13(8-4-11)15(17)18/h3-10H,1-2H2,(H,17,18). The SMILES string of the molecule is O=C(O)c1ccc(CCc2ccc(Br)cc2)cc1. The molecule has 3 heteroatoms. The van der Waals surface area contributed by atoms with E-state index in [2.05, 4.69) is 28.1 Å². The number of aromatic carboxylic acids is 1. The lowest BCUT2D eigenvalue weighted by molar-refractivity contribution is 0.0697. The van der Waals surface area contributed by atoms with Gasteiger partial charge in [-0.3, -0.25) is 0 Å². The van der Waals surface area contributed by atoms with E-state index in [0.717, 1.165) is 22.9 Å². The summed E-state index contributed by atoms with van der Waals surface area (Å²) in [6.07, 6.45) is 1.88. The van der Waals surface area contributed by atoms with Gasteiger partial charge in [0.15, 0.2) is 0 Å². The fraction of sp³-hybridized carbons (Fsp3) is 0.133. The van der Waals surface area contributed by atoms with Crippen molar-refractivity contribution in [3.8, 4) is 0 Å². The smallest absolute Gasteiger partial charge is 0.335 e. The minimum absolute atomic E-state index is 0.336. The van der Waals surface area contributed by atoms with E-state index < -0.39 is 5.97 Å². The second kappa shape index (κ2) is 5.83. The lowest BCUT2D eigenvalue weighted by Crippen LogP contribution is -1.97. The van der Waals surface area contributed by atoms with Crippen LogP contribution in [0.3, 0.4) is 0 Å². The van der Waals surface area contributed by atoms with Gasteiger partial charge in [-0.15, -0.1) is 0 Å². The maximum atomic E-state index is 10.7. The Labute approximate surface area is 114 Å². The van der Waals surface area contributed by atoms with Crippen molar-refractivity contribution in [3.63, 3.8) is 0 Å². The fourth-order valence-electron chi connectivity index (χ4n) is 1.75. The number of aryl methyl sites for hydroxylation is 2. The van der Waals surface area contributed by atoms with Crippen molar-refractivity contribution in [2.24, 2.45) is 0 Å². The van der Waals surface area contributed by atoms with Gasteiger partial charge in [-0.1, -0.05) is 40.2 Å². The summed E-state index contributed by atoms with van der Waals surface area (Å²) in [6.45, 7) is 0. The number of carbonyl (C=O) groups is 1. The lowest BCUT2D eigenvalue weighted by Gasteiger charge is -2.03. The van der Waals surface area contributed by atoms with Gasteiger partial charge >= 0.3 is 5.97 Å². The van der Waals surface area contributed by atoms with E-state index in [9.17, 15) is 4.79 Å². The molecule has 2 rings (SSSR count). The Kier molecular flexibility index (Phi) is 4.15. The molecule has 0 saturated heterocycles. The molecule has 0 bridgehead atoms. The van der Waals surface area contributed by atoms with Crippen LogP contribution < -0.4 is 0 Å². The van der Waals surface area contributed by atoms with Crippen LogP contribution in [-0.4, -0.2) is 11.1 Å². The second-order valence-electron chi connectivity index (χ2n) is 4.13. The summed E-state index contributed by atoms with van der Waals surface area (Å²) in [5.41, 5.74) is 2.77. The highest BCUT2D eigenvalue weighted by molar-refractivity contribution is 9.10. The van der Waals surface area contributed by atoms with Crippen LogP contribution in [-0.2, 0) is 12.8 Å². The maximum absolute atomic E-state index is 10.7.